The first-order valence-corrected chi connectivity index (χ1v) is 7.64. The van der Waals surface area contributed by atoms with Crippen LogP contribution in [0.5, 0.6) is 0 Å². The zero-order valence-electron chi connectivity index (χ0n) is 11.8. The average molecular weight is 286 g/mol. The van der Waals surface area contributed by atoms with E-state index in [1.165, 1.54) is 18.4 Å². The summed E-state index contributed by atoms with van der Waals surface area (Å²) >= 11 is 0. The molecule has 0 radical (unpaired) electrons. The molecule has 1 rings (SSSR count). The molecule has 0 aliphatic heterocycles. The maximum atomic E-state index is 12.2. The van der Waals surface area contributed by atoms with Gasteiger partial charge in [0.25, 0.3) is 0 Å². The van der Waals surface area contributed by atoms with Crippen molar-refractivity contribution in [2.75, 3.05) is 26.0 Å². The monoisotopic (exact) mass is 286 g/mol. The molecule has 0 aliphatic carbocycles. The quantitative estimate of drug-likeness (QED) is 0.828. The minimum atomic E-state index is -3.49. The summed E-state index contributed by atoms with van der Waals surface area (Å²) in [6.45, 7) is 4.14. The Morgan fingerprint density at radius 3 is 2.37 bits per heavy atom. The number of para-hydroxylation sites is 1. The molecule has 1 atom stereocenters. The van der Waals surface area contributed by atoms with Crippen LogP contribution in [0, 0.1) is 5.92 Å². The van der Waals surface area contributed by atoms with E-state index in [2.05, 4.69) is 5.32 Å². The number of anilines is 1. The third-order valence-corrected chi connectivity index (χ3v) is 4.79. The first-order chi connectivity index (χ1) is 8.76. The van der Waals surface area contributed by atoms with Gasteiger partial charge in [0.1, 0.15) is 4.90 Å². The van der Waals surface area contributed by atoms with Gasteiger partial charge in [-0.1, -0.05) is 26.0 Å². The molecule has 1 aromatic rings. The lowest BCUT2D eigenvalue weighted by Crippen LogP contribution is -2.27. The number of sulfonamides is 1. The molecule has 0 saturated carbocycles. The molecule has 1 aromatic carbocycles. The minimum absolute atomic E-state index is 0.116. The Labute approximate surface area is 115 Å². The summed E-state index contributed by atoms with van der Waals surface area (Å²) in [5, 5.41) is 12.8. The van der Waals surface area contributed by atoms with Crippen molar-refractivity contribution in [2.45, 2.75) is 24.8 Å². The molecule has 0 saturated heterocycles. The van der Waals surface area contributed by atoms with Gasteiger partial charge < -0.3 is 10.4 Å². The molecule has 1 unspecified atom stereocenters. The van der Waals surface area contributed by atoms with Gasteiger partial charge in [0.2, 0.25) is 10.0 Å². The van der Waals surface area contributed by atoms with Crippen molar-refractivity contribution in [2.24, 2.45) is 5.92 Å². The van der Waals surface area contributed by atoms with Gasteiger partial charge in [0, 0.05) is 20.6 Å². The fourth-order valence-corrected chi connectivity index (χ4v) is 2.55. The largest absolute Gasteiger partial charge is 0.391 e. The van der Waals surface area contributed by atoms with Crippen LogP contribution in [0.1, 0.15) is 13.8 Å². The number of aliphatic hydroxyl groups excluding tert-OH is 1. The standard InChI is InChI=1S/C13H22N2O3S/c1-10(2)12(16)9-14-11-7-5-6-8-13(11)19(17,18)15(3)4/h5-8,10,12,14,16H,9H2,1-4H3. The van der Waals surface area contributed by atoms with Gasteiger partial charge in [-0.15, -0.1) is 0 Å². The van der Waals surface area contributed by atoms with Crippen LogP contribution in [0.2, 0.25) is 0 Å². The third-order valence-electron chi connectivity index (χ3n) is 2.92. The van der Waals surface area contributed by atoms with Crippen LogP contribution in [0.15, 0.2) is 29.2 Å². The molecule has 6 heteroatoms. The van der Waals surface area contributed by atoms with Gasteiger partial charge in [0.05, 0.1) is 11.8 Å². The normalized spacial score (nSPS) is 13.8. The summed E-state index contributed by atoms with van der Waals surface area (Å²) in [4.78, 5) is 0.218. The fraction of sp³-hybridized carbons (Fsp3) is 0.538. The summed E-state index contributed by atoms with van der Waals surface area (Å²) in [6.07, 6.45) is -0.518. The number of nitrogens with one attached hydrogen (secondary N) is 1. The molecule has 108 valence electrons. The van der Waals surface area contributed by atoms with Crippen LogP contribution < -0.4 is 5.32 Å². The van der Waals surface area contributed by atoms with E-state index in [1.807, 2.05) is 13.8 Å². The lowest BCUT2D eigenvalue weighted by Gasteiger charge is -2.19. The summed E-state index contributed by atoms with van der Waals surface area (Å²) in [5.74, 6) is 0.116. The third kappa shape index (κ3) is 3.92. The average Bonchev–Trinajstić information content (AvgIpc) is 2.35. The van der Waals surface area contributed by atoms with E-state index >= 15 is 0 Å². The van der Waals surface area contributed by atoms with Crippen molar-refractivity contribution in [3.05, 3.63) is 24.3 Å². The molecule has 5 nitrogen and oxygen atoms in total. The zero-order valence-corrected chi connectivity index (χ0v) is 12.6. The Kier molecular flexibility index (Phi) is 5.34. The molecular weight excluding hydrogens is 264 g/mol. The van der Waals surface area contributed by atoms with Crippen LogP contribution >= 0.6 is 0 Å². The van der Waals surface area contributed by atoms with Crippen molar-refractivity contribution in [3.63, 3.8) is 0 Å². The Morgan fingerprint density at radius 1 is 1.26 bits per heavy atom. The molecule has 0 aromatic heterocycles. The van der Waals surface area contributed by atoms with Crippen molar-refractivity contribution in [1.82, 2.24) is 4.31 Å². The first-order valence-electron chi connectivity index (χ1n) is 6.20. The van der Waals surface area contributed by atoms with E-state index in [4.69, 9.17) is 0 Å². The van der Waals surface area contributed by atoms with Gasteiger partial charge in [-0.2, -0.15) is 0 Å². The predicted octanol–water partition coefficient (Wildman–Crippen LogP) is 1.37. The second-order valence-electron chi connectivity index (χ2n) is 4.98. The molecule has 0 heterocycles. The molecule has 2 N–H and O–H groups in total. The highest BCUT2D eigenvalue weighted by Gasteiger charge is 2.21. The summed E-state index contributed by atoms with van der Waals surface area (Å²) < 4.78 is 25.5. The molecule has 0 fully saturated rings. The van der Waals surface area contributed by atoms with Gasteiger partial charge in [-0.05, 0) is 18.1 Å². The van der Waals surface area contributed by atoms with Crippen molar-refractivity contribution in [3.8, 4) is 0 Å². The van der Waals surface area contributed by atoms with E-state index in [0.717, 1.165) is 0 Å². The van der Waals surface area contributed by atoms with E-state index in [1.54, 1.807) is 24.3 Å². The Morgan fingerprint density at radius 2 is 1.84 bits per heavy atom. The smallest absolute Gasteiger partial charge is 0.244 e. The molecule has 0 bridgehead atoms. The summed E-state index contributed by atoms with van der Waals surface area (Å²) in [5.41, 5.74) is 0.510. The zero-order chi connectivity index (χ0) is 14.6. The minimum Gasteiger partial charge on any atom is -0.391 e. The second-order valence-corrected chi connectivity index (χ2v) is 7.10. The van der Waals surface area contributed by atoms with Crippen LogP contribution in [-0.4, -0.2) is 44.6 Å². The number of hydrogen-bond donors (Lipinski definition) is 2. The molecule has 0 aliphatic rings. The number of hydrogen-bond acceptors (Lipinski definition) is 4. The molecule has 0 spiro atoms. The van der Waals surface area contributed by atoms with Gasteiger partial charge in [0.15, 0.2) is 0 Å². The maximum absolute atomic E-state index is 12.2. The summed E-state index contributed by atoms with van der Waals surface area (Å²) in [6, 6.07) is 6.70. The Bertz CT molecular complexity index is 512. The van der Waals surface area contributed by atoms with Crippen LogP contribution in [-0.2, 0) is 10.0 Å². The SMILES string of the molecule is CC(C)C(O)CNc1ccccc1S(=O)(=O)N(C)C. The summed E-state index contributed by atoms with van der Waals surface area (Å²) in [7, 11) is -0.496. The number of benzene rings is 1. The predicted molar refractivity (Wildman–Crippen MR) is 76.6 cm³/mol. The molecule has 0 amide bonds. The van der Waals surface area contributed by atoms with Gasteiger partial charge >= 0.3 is 0 Å². The van der Waals surface area contributed by atoms with E-state index in [-0.39, 0.29) is 10.8 Å². The van der Waals surface area contributed by atoms with E-state index < -0.39 is 16.1 Å². The number of aliphatic hydroxyl groups is 1. The number of rotatable bonds is 6. The van der Waals surface area contributed by atoms with Crippen molar-refractivity contribution >= 4 is 15.7 Å². The Balaban J connectivity index is 2.98. The van der Waals surface area contributed by atoms with Crippen molar-refractivity contribution < 1.29 is 13.5 Å². The van der Waals surface area contributed by atoms with Crippen LogP contribution in [0.3, 0.4) is 0 Å². The Hall–Kier alpha value is -1.11. The van der Waals surface area contributed by atoms with Gasteiger partial charge in [-0.25, -0.2) is 12.7 Å². The lowest BCUT2D eigenvalue weighted by molar-refractivity contribution is 0.138. The molecule has 19 heavy (non-hydrogen) atoms. The maximum Gasteiger partial charge on any atom is 0.244 e. The lowest BCUT2D eigenvalue weighted by atomic mass is 10.1. The van der Waals surface area contributed by atoms with E-state index in [9.17, 15) is 13.5 Å². The topological polar surface area (TPSA) is 69.6 Å². The first kappa shape index (κ1) is 15.9. The van der Waals surface area contributed by atoms with Gasteiger partial charge in [-0.3, -0.25) is 0 Å². The fourth-order valence-electron chi connectivity index (χ4n) is 1.48. The number of nitrogens with zero attached hydrogens (tertiary/aromatic N) is 1. The van der Waals surface area contributed by atoms with Crippen molar-refractivity contribution in [1.29, 1.82) is 0 Å². The molecular formula is C13H22N2O3S. The second kappa shape index (κ2) is 6.36. The highest BCUT2D eigenvalue weighted by Crippen LogP contribution is 2.23. The van der Waals surface area contributed by atoms with E-state index in [0.29, 0.717) is 12.2 Å². The highest BCUT2D eigenvalue weighted by molar-refractivity contribution is 7.89. The highest BCUT2D eigenvalue weighted by atomic mass is 32.2. The van der Waals surface area contributed by atoms with Crippen LogP contribution in [0.4, 0.5) is 5.69 Å². The van der Waals surface area contributed by atoms with Crippen LogP contribution in [0.25, 0.3) is 0 Å².